The minimum atomic E-state index is 0.671. The van der Waals surface area contributed by atoms with Gasteiger partial charge in [-0.15, -0.1) is 0 Å². The number of furan rings is 1. The summed E-state index contributed by atoms with van der Waals surface area (Å²) in [7, 11) is 0. The van der Waals surface area contributed by atoms with Crippen LogP contribution in [0.1, 0.15) is 22.5 Å². The van der Waals surface area contributed by atoms with E-state index < -0.39 is 0 Å². The maximum atomic E-state index is 5.35. The molecule has 0 fully saturated rings. The van der Waals surface area contributed by atoms with Gasteiger partial charge in [0.2, 0.25) is 0 Å². The summed E-state index contributed by atoms with van der Waals surface area (Å²) in [5.41, 5.74) is 4.85. The highest BCUT2D eigenvalue weighted by Crippen LogP contribution is 2.19. The first-order valence-corrected chi connectivity index (χ1v) is 8.85. The number of hydrogen-bond donors (Lipinski definition) is 2. The number of benzene rings is 1. The highest BCUT2D eigenvalue weighted by molar-refractivity contribution is 7.98. The predicted octanol–water partition coefficient (Wildman–Crippen LogP) is 4.42. The second-order valence-corrected chi connectivity index (χ2v) is 6.78. The number of rotatable bonds is 6. The molecule has 0 bridgehead atoms. The molecule has 1 aromatic carbocycles. The van der Waals surface area contributed by atoms with Gasteiger partial charge < -0.3 is 15.1 Å². The lowest BCUT2D eigenvalue weighted by molar-refractivity contribution is 0.530. The van der Waals surface area contributed by atoms with Crippen molar-refractivity contribution in [3.05, 3.63) is 53.0 Å². The second-order valence-electron chi connectivity index (χ2n) is 5.26. The Kier molecular flexibility index (Phi) is 6.34. The van der Waals surface area contributed by atoms with Gasteiger partial charge in [-0.1, -0.05) is 6.07 Å². The molecule has 2 N–H and O–H groups in total. The number of aryl methyl sites for hydroxylation is 3. The lowest BCUT2D eigenvalue weighted by Gasteiger charge is -2.14. The van der Waals surface area contributed by atoms with E-state index in [-0.39, 0.29) is 0 Å². The number of thiocarbonyl (C=S) groups is 1. The van der Waals surface area contributed by atoms with Crippen molar-refractivity contribution in [1.29, 1.82) is 0 Å². The van der Waals surface area contributed by atoms with Crippen molar-refractivity contribution < 1.29 is 4.42 Å². The lowest BCUT2D eigenvalue weighted by atomic mass is 10.1. The number of nitrogens with one attached hydrogen (secondary N) is 2. The van der Waals surface area contributed by atoms with Gasteiger partial charge in [0.1, 0.15) is 5.76 Å². The normalized spacial score (nSPS) is 10.5. The van der Waals surface area contributed by atoms with Crippen LogP contribution in [-0.4, -0.2) is 17.4 Å². The van der Waals surface area contributed by atoms with E-state index in [1.165, 1.54) is 16.7 Å². The van der Waals surface area contributed by atoms with Crippen molar-refractivity contribution >= 4 is 34.8 Å². The molecule has 0 saturated heterocycles. The van der Waals surface area contributed by atoms with Crippen molar-refractivity contribution in [2.45, 2.75) is 26.5 Å². The summed E-state index contributed by atoms with van der Waals surface area (Å²) in [5.74, 6) is 2.89. The van der Waals surface area contributed by atoms with E-state index in [1.807, 2.05) is 23.9 Å². The Balaban J connectivity index is 1.70. The maximum absolute atomic E-state index is 5.35. The Morgan fingerprint density at radius 2 is 1.95 bits per heavy atom. The minimum absolute atomic E-state index is 0.671. The van der Waals surface area contributed by atoms with Crippen molar-refractivity contribution in [3.63, 3.8) is 0 Å². The number of thioether (sulfide) groups is 1. The van der Waals surface area contributed by atoms with Gasteiger partial charge in [0.05, 0.1) is 12.0 Å². The monoisotopic (exact) mass is 334 g/mol. The van der Waals surface area contributed by atoms with Gasteiger partial charge in [-0.25, -0.2) is 0 Å². The summed E-state index contributed by atoms with van der Waals surface area (Å²) >= 11 is 7.17. The smallest absolute Gasteiger partial charge is 0.170 e. The fourth-order valence-corrected chi connectivity index (χ4v) is 3.03. The Hall–Kier alpha value is -1.46. The van der Waals surface area contributed by atoms with E-state index in [0.717, 1.165) is 29.5 Å². The Morgan fingerprint density at radius 3 is 2.68 bits per heavy atom. The van der Waals surface area contributed by atoms with E-state index in [4.69, 9.17) is 16.6 Å². The van der Waals surface area contributed by atoms with Crippen LogP contribution in [0.25, 0.3) is 0 Å². The summed E-state index contributed by atoms with van der Waals surface area (Å²) < 4.78 is 5.29. The zero-order chi connectivity index (χ0) is 15.9. The molecule has 0 saturated carbocycles. The van der Waals surface area contributed by atoms with Gasteiger partial charge in [0.15, 0.2) is 5.11 Å². The van der Waals surface area contributed by atoms with Crippen molar-refractivity contribution in [1.82, 2.24) is 5.32 Å². The maximum Gasteiger partial charge on any atom is 0.170 e. The SMILES string of the molecule is Cc1cc(C)c(NC(=S)NCCSCc2ccco2)cc1C. The molecule has 22 heavy (non-hydrogen) atoms. The van der Waals surface area contributed by atoms with Gasteiger partial charge >= 0.3 is 0 Å². The van der Waals surface area contributed by atoms with Crippen LogP contribution < -0.4 is 10.6 Å². The van der Waals surface area contributed by atoms with Crippen LogP contribution in [-0.2, 0) is 5.75 Å². The third-order valence-electron chi connectivity index (χ3n) is 3.45. The van der Waals surface area contributed by atoms with Crippen LogP contribution in [0.2, 0.25) is 0 Å². The summed E-state index contributed by atoms with van der Waals surface area (Å²) in [6, 6.07) is 8.23. The molecule has 3 nitrogen and oxygen atoms in total. The molecule has 0 atom stereocenters. The van der Waals surface area contributed by atoms with Crippen LogP contribution in [0.4, 0.5) is 5.69 Å². The number of hydrogen-bond acceptors (Lipinski definition) is 3. The number of anilines is 1. The van der Waals surface area contributed by atoms with Gasteiger partial charge in [0.25, 0.3) is 0 Å². The first kappa shape index (κ1) is 16.9. The fraction of sp³-hybridized carbons (Fsp3) is 0.353. The third-order valence-corrected chi connectivity index (χ3v) is 4.67. The first-order valence-electron chi connectivity index (χ1n) is 7.29. The molecule has 0 aliphatic heterocycles. The van der Waals surface area contributed by atoms with Crippen LogP contribution in [0.3, 0.4) is 0 Å². The average molecular weight is 335 g/mol. The van der Waals surface area contributed by atoms with Gasteiger partial charge in [0, 0.05) is 18.0 Å². The van der Waals surface area contributed by atoms with Gasteiger partial charge in [-0.05, 0) is 67.9 Å². The van der Waals surface area contributed by atoms with Crippen molar-refractivity contribution in [2.75, 3.05) is 17.6 Å². The highest BCUT2D eigenvalue weighted by atomic mass is 32.2. The fourth-order valence-electron chi connectivity index (χ4n) is 2.07. The third kappa shape index (κ3) is 5.07. The van der Waals surface area contributed by atoms with Crippen molar-refractivity contribution in [2.24, 2.45) is 0 Å². The lowest BCUT2D eigenvalue weighted by Crippen LogP contribution is -2.30. The molecular weight excluding hydrogens is 312 g/mol. The molecule has 2 aromatic rings. The van der Waals surface area contributed by atoms with Crippen LogP contribution in [0.15, 0.2) is 34.9 Å². The molecule has 118 valence electrons. The van der Waals surface area contributed by atoms with Crippen LogP contribution in [0.5, 0.6) is 0 Å². The van der Waals surface area contributed by atoms with Gasteiger partial charge in [-0.2, -0.15) is 11.8 Å². The zero-order valence-electron chi connectivity index (χ0n) is 13.2. The molecule has 1 aromatic heterocycles. The average Bonchev–Trinajstić information content (AvgIpc) is 2.97. The Morgan fingerprint density at radius 1 is 1.18 bits per heavy atom. The van der Waals surface area contributed by atoms with Gasteiger partial charge in [-0.3, -0.25) is 0 Å². The molecule has 0 spiro atoms. The van der Waals surface area contributed by atoms with E-state index in [2.05, 4.69) is 43.5 Å². The molecule has 0 unspecified atom stereocenters. The molecule has 0 aliphatic carbocycles. The summed E-state index contributed by atoms with van der Waals surface area (Å²) in [6.07, 6.45) is 1.71. The molecule has 5 heteroatoms. The van der Waals surface area contributed by atoms with Crippen LogP contribution in [0, 0.1) is 20.8 Å². The largest absolute Gasteiger partial charge is 0.468 e. The minimum Gasteiger partial charge on any atom is -0.468 e. The first-order chi connectivity index (χ1) is 10.6. The summed E-state index contributed by atoms with van der Waals surface area (Å²) in [5, 5.41) is 7.19. The quantitative estimate of drug-likeness (QED) is 0.604. The Bertz CT molecular complexity index is 624. The Labute approximate surface area is 141 Å². The molecule has 0 aliphatic rings. The van der Waals surface area contributed by atoms with E-state index >= 15 is 0 Å². The highest BCUT2D eigenvalue weighted by Gasteiger charge is 2.04. The van der Waals surface area contributed by atoms with Crippen LogP contribution >= 0.6 is 24.0 Å². The molecular formula is C17H22N2OS2. The summed E-state index contributed by atoms with van der Waals surface area (Å²) in [4.78, 5) is 0. The standard InChI is InChI=1S/C17H22N2OS2/c1-12-9-14(3)16(10-13(12)2)19-17(21)18-6-8-22-11-15-5-4-7-20-15/h4-5,7,9-10H,6,8,11H2,1-3H3,(H2,18,19,21). The summed E-state index contributed by atoms with van der Waals surface area (Å²) in [6.45, 7) is 7.17. The van der Waals surface area contributed by atoms with E-state index in [9.17, 15) is 0 Å². The second kappa shape index (κ2) is 8.25. The molecule has 0 radical (unpaired) electrons. The van der Waals surface area contributed by atoms with Crippen molar-refractivity contribution in [3.8, 4) is 0 Å². The topological polar surface area (TPSA) is 37.2 Å². The van der Waals surface area contributed by atoms with E-state index in [1.54, 1.807) is 6.26 Å². The zero-order valence-corrected chi connectivity index (χ0v) is 14.9. The molecule has 1 heterocycles. The van der Waals surface area contributed by atoms with E-state index in [0.29, 0.717) is 5.11 Å². The predicted molar refractivity (Wildman–Crippen MR) is 99.7 cm³/mol. The molecule has 2 rings (SSSR count). The molecule has 0 amide bonds.